The highest BCUT2D eigenvalue weighted by Crippen LogP contribution is 2.44. The number of imidazole rings is 1. The molecule has 13 rings (SSSR count). The van der Waals surface area contributed by atoms with Crippen LogP contribution in [0.2, 0.25) is 0 Å². The van der Waals surface area contributed by atoms with Crippen LogP contribution in [0.25, 0.3) is 100 Å². The normalized spacial score (nSPS) is 16.3. The van der Waals surface area contributed by atoms with Crippen LogP contribution in [0.15, 0.2) is 188 Å². The van der Waals surface area contributed by atoms with Gasteiger partial charge >= 0.3 is 0 Å². The third-order valence-electron chi connectivity index (χ3n) is 13.1. The van der Waals surface area contributed by atoms with E-state index in [0.717, 1.165) is 96.1 Å². The van der Waals surface area contributed by atoms with Crippen molar-refractivity contribution in [3.63, 3.8) is 0 Å². The highest BCUT2D eigenvalue weighted by Gasteiger charge is 2.30. The molecular weight excluding hydrogens is 769 g/mol. The van der Waals surface area contributed by atoms with Crippen molar-refractivity contribution in [3.05, 3.63) is 211 Å². The largest absolute Gasteiger partial charge is 0.309 e. The average molecular weight is 807 g/mol. The summed E-state index contributed by atoms with van der Waals surface area (Å²) in [7, 11) is 0. The van der Waals surface area contributed by atoms with Crippen LogP contribution < -0.4 is 0 Å². The molecule has 2 aliphatic carbocycles. The van der Waals surface area contributed by atoms with Crippen molar-refractivity contribution in [1.29, 1.82) is 0 Å². The molecule has 0 amide bonds. The number of aromatic nitrogens is 6. The lowest BCUT2D eigenvalue weighted by Gasteiger charge is -2.30. The number of benzene rings is 7. The molecule has 63 heavy (non-hydrogen) atoms. The standard InChI is InChI=1S/C57H38N6/c1-3-18-41-38(14-1)33-49(45-22-7-5-20-43(41)45)55-60-54(61-56(62-55)50-34-39-15-2-4-19-42(39)44-21-6-8-23-46(44)50)40-17-13-16-37(32-40)35-27-29-36(30-28-35)52-47-24-9-10-25-48(47)53-57(59-52)63-31-12-11-26-51(63)58-53/h1-11,13-30,32-34,38,41H,12,31H2. The molecule has 0 fully saturated rings. The first-order valence-electron chi connectivity index (χ1n) is 21.7. The second-order valence-electron chi connectivity index (χ2n) is 16.7. The van der Waals surface area contributed by atoms with Crippen LogP contribution in [0.3, 0.4) is 0 Å². The smallest absolute Gasteiger partial charge is 0.164 e. The maximum atomic E-state index is 5.38. The monoisotopic (exact) mass is 806 g/mol. The highest BCUT2D eigenvalue weighted by molar-refractivity contribution is 6.13. The van der Waals surface area contributed by atoms with Crippen molar-refractivity contribution < 1.29 is 0 Å². The second kappa shape index (κ2) is 14.3. The average Bonchev–Trinajstić information content (AvgIpc) is 3.74. The predicted molar refractivity (Wildman–Crippen MR) is 257 cm³/mol. The lowest BCUT2D eigenvalue weighted by Crippen LogP contribution is -2.17. The van der Waals surface area contributed by atoms with E-state index in [1.807, 2.05) is 0 Å². The molecule has 0 spiro atoms. The number of hydrogen-bond acceptors (Lipinski definition) is 5. The number of allylic oxidation sites excluding steroid dienone is 6. The summed E-state index contributed by atoms with van der Waals surface area (Å²) in [4.78, 5) is 26.4. The van der Waals surface area contributed by atoms with E-state index in [1.165, 1.54) is 16.3 Å². The number of pyridine rings is 1. The summed E-state index contributed by atoms with van der Waals surface area (Å²) < 4.78 is 2.25. The molecule has 2 atom stereocenters. The van der Waals surface area contributed by atoms with Gasteiger partial charge in [-0.3, -0.25) is 0 Å². The zero-order valence-corrected chi connectivity index (χ0v) is 34.2. The van der Waals surface area contributed by atoms with Crippen LogP contribution in [-0.2, 0) is 6.54 Å². The zero-order valence-electron chi connectivity index (χ0n) is 34.2. The number of hydrogen-bond donors (Lipinski definition) is 0. The molecule has 0 saturated heterocycles. The minimum absolute atomic E-state index is 0.203. The van der Waals surface area contributed by atoms with Crippen LogP contribution in [0.1, 0.15) is 35.1 Å². The second-order valence-corrected chi connectivity index (χ2v) is 16.7. The number of fused-ring (bicyclic) bond motifs is 11. The third-order valence-corrected chi connectivity index (χ3v) is 13.1. The molecule has 10 aromatic rings. The Morgan fingerprint density at radius 3 is 2.11 bits per heavy atom. The maximum Gasteiger partial charge on any atom is 0.164 e. The van der Waals surface area contributed by atoms with Crippen molar-refractivity contribution in [2.45, 2.75) is 18.9 Å². The summed E-state index contributed by atoms with van der Waals surface area (Å²) in [5, 5.41) is 6.86. The zero-order chi connectivity index (χ0) is 41.4. The van der Waals surface area contributed by atoms with Gasteiger partial charge in [0.25, 0.3) is 0 Å². The van der Waals surface area contributed by atoms with Gasteiger partial charge in [-0.2, -0.15) is 0 Å². The Labute approximate surface area is 364 Å². The molecule has 6 nitrogen and oxygen atoms in total. The lowest BCUT2D eigenvalue weighted by atomic mass is 9.74. The Kier molecular flexibility index (Phi) is 8.06. The topological polar surface area (TPSA) is 69.4 Å². The first-order chi connectivity index (χ1) is 31.2. The quantitative estimate of drug-likeness (QED) is 0.162. The van der Waals surface area contributed by atoms with Gasteiger partial charge in [0.05, 0.1) is 5.69 Å². The summed E-state index contributed by atoms with van der Waals surface area (Å²) in [5.74, 6) is 3.40. The van der Waals surface area contributed by atoms with Gasteiger partial charge in [0.2, 0.25) is 0 Å². The molecule has 1 aliphatic heterocycles. The molecule has 7 aromatic carbocycles. The third kappa shape index (κ3) is 5.83. The fourth-order valence-corrected chi connectivity index (χ4v) is 10.0. The van der Waals surface area contributed by atoms with Gasteiger partial charge < -0.3 is 4.57 Å². The molecule has 3 aromatic heterocycles. The van der Waals surface area contributed by atoms with Crippen molar-refractivity contribution in [2.24, 2.45) is 5.92 Å². The van der Waals surface area contributed by atoms with Gasteiger partial charge in [0.15, 0.2) is 23.1 Å². The van der Waals surface area contributed by atoms with Crippen LogP contribution in [0, 0.1) is 5.92 Å². The molecule has 0 N–H and O–H groups in total. The van der Waals surface area contributed by atoms with E-state index in [1.54, 1.807) is 0 Å². The SMILES string of the molecule is C1=CC2C=C(c3nc(-c4cccc(-c5ccc(-c6nc7c(nc8n7CCC=C8)c7ccccc67)cc5)c4)nc(-c4cc5ccccc5c5ccccc45)n3)c3ccccc3C2C=C1. The minimum atomic E-state index is 0.203. The van der Waals surface area contributed by atoms with Crippen LogP contribution in [0.5, 0.6) is 0 Å². The van der Waals surface area contributed by atoms with Gasteiger partial charge in [0, 0.05) is 51.4 Å². The van der Waals surface area contributed by atoms with Crippen LogP contribution in [0.4, 0.5) is 0 Å². The van der Waals surface area contributed by atoms with E-state index in [9.17, 15) is 0 Å². The Morgan fingerprint density at radius 2 is 1.21 bits per heavy atom. The van der Waals surface area contributed by atoms with Gasteiger partial charge in [0.1, 0.15) is 11.3 Å². The van der Waals surface area contributed by atoms with Gasteiger partial charge in [-0.1, -0.05) is 176 Å². The van der Waals surface area contributed by atoms with E-state index in [2.05, 4.69) is 199 Å². The predicted octanol–water partition coefficient (Wildman–Crippen LogP) is 13.4. The van der Waals surface area contributed by atoms with Crippen LogP contribution >= 0.6 is 0 Å². The first kappa shape index (κ1) is 35.6. The van der Waals surface area contributed by atoms with E-state index < -0.39 is 0 Å². The highest BCUT2D eigenvalue weighted by atomic mass is 15.1. The maximum absolute atomic E-state index is 5.38. The molecule has 6 heteroatoms. The summed E-state index contributed by atoms with van der Waals surface area (Å²) in [6.45, 7) is 0.881. The molecule has 0 radical (unpaired) electrons. The number of aryl methyl sites for hydroxylation is 1. The van der Waals surface area contributed by atoms with Crippen molar-refractivity contribution in [3.8, 4) is 45.2 Å². The van der Waals surface area contributed by atoms with Crippen LogP contribution in [-0.4, -0.2) is 29.5 Å². The van der Waals surface area contributed by atoms with Gasteiger partial charge in [-0.05, 0) is 68.4 Å². The summed E-state index contributed by atoms with van der Waals surface area (Å²) in [6, 6.07) is 53.9. The number of nitrogens with zero attached hydrogens (tertiary/aromatic N) is 6. The Balaban J connectivity index is 0.950. The van der Waals surface area contributed by atoms with Crippen molar-refractivity contribution in [2.75, 3.05) is 0 Å². The molecule has 2 unspecified atom stereocenters. The molecular formula is C57H38N6. The van der Waals surface area contributed by atoms with Gasteiger partial charge in [-0.15, -0.1) is 0 Å². The Bertz CT molecular complexity index is 3640. The van der Waals surface area contributed by atoms with Gasteiger partial charge in [-0.25, -0.2) is 24.9 Å². The fourth-order valence-electron chi connectivity index (χ4n) is 10.0. The van der Waals surface area contributed by atoms with E-state index in [0.29, 0.717) is 17.5 Å². The summed E-state index contributed by atoms with van der Waals surface area (Å²) >= 11 is 0. The summed E-state index contributed by atoms with van der Waals surface area (Å²) in [6.07, 6.45) is 16.5. The molecule has 0 bridgehead atoms. The van der Waals surface area contributed by atoms with Crippen molar-refractivity contribution >= 4 is 55.1 Å². The molecule has 0 saturated carbocycles. The van der Waals surface area contributed by atoms with E-state index in [-0.39, 0.29) is 11.8 Å². The van der Waals surface area contributed by atoms with E-state index in [4.69, 9.17) is 24.9 Å². The van der Waals surface area contributed by atoms with E-state index >= 15 is 0 Å². The lowest BCUT2D eigenvalue weighted by molar-refractivity contribution is 0.687. The molecule has 4 heterocycles. The molecule has 3 aliphatic rings. The van der Waals surface area contributed by atoms with Crippen molar-refractivity contribution in [1.82, 2.24) is 29.5 Å². The minimum Gasteiger partial charge on any atom is -0.309 e. The molecule has 296 valence electrons. The number of rotatable bonds is 5. The Hall–Kier alpha value is -8.09. The fraction of sp³-hybridized carbons (Fsp3) is 0.0702. The summed E-state index contributed by atoms with van der Waals surface area (Å²) in [5.41, 5.74) is 11.5. The first-order valence-corrected chi connectivity index (χ1v) is 21.7. The Morgan fingerprint density at radius 1 is 0.492 bits per heavy atom.